The Morgan fingerprint density at radius 1 is 1.47 bits per heavy atom. The molecule has 0 aliphatic rings. The Bertz CT molecular complexity index is 401. The van der Waals surface area contributed by atoms with Gasteiger partial charge in [-0.05, 0) is 19.1 Å². The smallest absolute Gasteiger partial charge is 0.233 e. The SMILES string of the molecule is CCNC(=O)CNCC(O)COc1ccccc1Cl. The first-order valence-electron chi connectivity index (χ1n) is 6.16. The Hall–Kier alpha value is -1.30. The normalized spacial score (nSPS) is 11.9. The maximum Gasteiger partial charge on any atom is 0.233 e. The van der Waals surface area contributed by atoms with Crippen LogP contribution in [0.3, 0.4) is 0 Å². The summed E-state index contributed by atoms with van der Waals surface area (Å²) in [6, 6.07) is 7.06. The lowest BCUT2D eigenvalue weighted by molar-refractivity contribution is -0.120. The molecule has 1 rings (SSSR count). The van der Waals surface area contributed by atoms with E-state index in [0.717, 1.165) is 0 Å². The number of nitrogens with one attached hydrogen (secondary N) is 2. The lowest BCUT2D eigenvalue weighted by Gasteiger charge is -2.13. The van der Waals surface area contributed by atoms with Gasteiger partial charge in [-0.15, -0.1) is 0 Å². The number of hydrogen-bond donors (Lipinski definition) is 3. The highest BCUT2D eigenvalue weighted by Crippen LogP contribution is 2.22. The molecular formula is C13H19ClN2O3. The summed E-state index contributed by atoms with van der Waals surface area (Å²) in [5.41, 5.74) is 0. The monoisotopic (exact) mass is 286 g/mol. The highest BCUT2D eigenvalue weighted by molar-refractivity contribution is 6.32. The summed E-state index contributed by atoms with van der Waals surface area (Å²) in [6.07, 6.45) is -0.703. The molecule has 3 N–H and O–H groups in total. The standard InChI is InChI=1S/C13H19ClN2O3/c1-2-16-13(18)8-15-7-10(17)9-19-12-6-4-3-5-11(12)14/h3-6,10,15,17H,2,7-9H2,1H3,(H,16,18). The molecule has 6 heteroatoms. The molecule has 1 aromatic rings. The maximum atomic E-state index is 11.1. The Balaban J connectivity index is 2.19. The summed E-state index contributed by atoms with van der Waals surface area (Å²) in [7, 11) is 0. The number of benzene rings is 1. The molecule has 0 saturated heterocycles. The molecule has 1 unspecified atom stereocenters. The summed E-state index contributed by atoms with van der Waals surface area (Å²) in [5.74, 6) is 0.439. The third kappa shape index (κ3) is 6.42. The molecule has 0 radical (unpaired) electrons. The van der Waals surface area contributed by atoms with Crippen LogP contribution < -0.4 is 15.4 Å². The minimum Gasteiger partial charge on any atom is -0.489 e. The number of ether oxygens (including phenoxy) is 1. The Labute approximate surface area is 117 Å². The molecule has 0 aliphatic heterocycles. The van der Waals surface area contributed by atoms with Gasteiger partial charge in [0.15, 0.2) is 0 Å². The third-order valence-corrected chi connectivity index (χ3v) is 2.62. The molecule has 19 heavy (non-hydrogen) atoms. The van der Waals surface area contributed by atoms with Crippen molar-refractivity contribution >= 4 is 17.5 Å². The molecule has 1 atom stereocenters. The zero-order valence-corrected chi connectivity index (χ0v) is 11.6. The van der Waals surface area contributed by atoms with Gasteiger partial charge in [0.2, 0.25) is 5.91 Å². The number of likely N-dealkylation sites (N-methyl/N-ethyl adjacent to an activating group) is 1. The van der Waals surface area contributed by atoms with Crippen molar-refractivity contribution in [3.63, 3.8) is 0 Å². The second kappa shape index (κ2) is 8.74. The number of carbonyl (C=O) groups excluding carboxylic acids is 1. The van der Waals surface area contributed by atoms with Crippen molar-refractivity contribution in [1.29, 1.82) is 0 Å². The topological polar surface area (TPSA) is 70.6 Å². The van der Waals surface area contributed by atoms with Gasteiger partial charge in [0.1, 0.15) is 18.5 Å². The van der Waals surface area contributed by atoms with Crippen molar-refractivity contribution in [2.75, 3.05) is 26.2 Å². The van der Waals surface area contributed by atoms with Gasteiger partial charge >= 0.3 is 0 Å². The number of rotatable bonds is 8. The quantitative estimate of drug-likeness (QED) is 0.661. The summed E-state index contributed by atoms with van der Waals surface area (Å²) < 4.78 is 5.38. The lowest BCUT2D eigenvalue weighted by Crippen LogP contribution is -2.38. The van der Waals surface area contributed by atoms with Gasteiger partial charge in [-0.1, -0.05) is 23.7 Å². The van der Waals surface area contributed by atoms with Gasteiger partial charge in [0.05, 0.1) is 11.6 Å². The summed E-state index contributed by atoms with van der Waals surface area (Å²) >= 11 is 5.91. The fourth-order valence-corrected chi connectivity index (χ4v) is 1.61. The molecule has 0 bridgehead atoms. The van der Waals surface area contributed by atoms with Gasteiger partial charge < -0.3 is 20.5 Å². The van der Waals surface area contributed by atoms with E-state index in [1.165, 1.54) is 0 Å². The van der Waals surface area contributed by atoms with E-state index in [2.05, 4.69) is 10.6 Å². The van der Waals surface area contributed by atoms with Gasteiger partial charge in [0.25, 0.3) is 0 Å². The number of aliphatic hydroxyl groups excluding tert-OH is 1. The number of amides is 1. The zero-order chi connectivity index (χ0) is 14.1. The number of carbonyl (C=O) groups is 1. The molecule has 5 nitrogen and oxygen atoms in total. The molecule has 0 fully saturated rings. The lowest BCUT2D eigenvalue weighted by atomic mass is 10.3. The van der Waals surface area contributed by atoms with Crippen LogP contribution in [0.5, 0.6) is 5.75 Å². The highest BCUT2D eigenvalue weighted by atomic mass is 35.5. The van der Waals surface area contributed by atoms with Crippen LogP contribution in [0.1, 0.15) is 6.92 Å². The van der Waals surface area contributed by atoms with Crippen LogP contribution in [0.4, 0.5) is 0 Å². The van der Waals surface area contributed by atoms with E-state index in [0.29, 0.717) is 17.3 Å². The van der Waals surface area contributed by atoms with E-state index >= 15 is 0 Å². The van der Waals surface area contributed by atoms with E-state index in [1.807, 2.05) is 6.92 Å². The highest BCUT2D eigenvalue weighted by Gasteiger charge is 2.07. The molecular weight excluding hydrogens is 268 g/mol. The molecule has 0 aliphatic carbocycles. The molecule has 0 aromatic heterocycles. The second-order valence-electron chi connectivity index (χ2n) is 3.98. The largest absolute Gasteiger partial charge is 0.489 e. The van der Waals surface area contributed by atoms with Crippen molar-refractivity contribution in [2.24, 2.45) is 0 Å². The van der Waals surface area contributed by atoms with Crippen LogP contribution in [0.2, 0.25) is 5.02 Å². The van der Waals surface area contributed by atoms with Crippen LogP contribution in [0.15, 0.2) is 24.3 Å². The van der Waals surface area contributed by atoms with E-state index in [1.54, 1.807) is 24.3 Å². The minimum absolute atomic E-state index is 0.0956. The fourth-order valence-electron chi connectivity index (χ4n) is 1.42. The molecule has 0 spiro atoms. The summed E-state index contributed by atoms with van der Waals surface area (Å²) in [5, 5.41) is 15.7. The van der Waals surface area contributed by atoms with Crippen LogP contribution in [0.25, 0.3) is 0 Å². The number of para-hydroxylation sites is 1. The second-order valence-corrected chi connectivity index (χ2v) is 4.39. The summed E-state index contributed by atoms with van der Waals surface area (Å²) in [4.78, 5) is 11.1. The van der Waals surface area contributed by atoms with Crippen LogP contribution in [0, 0.1) is 0 Å². The minimum atomic E-state index is -0.703. The van der Waals surface area contributed by atoms with Crippen LogP contribution in [-0.4, -0.2) is 43.4 Å². The molecule has 0 saturated carbocycles. The van der Waals surface area contributed by atoms with Crippen molar-refractivity contribution in [3.05, 3.63) is 29.3 Å². The van der Waals surface area contributed by atoms with Gasteiger partial charge in [-0.3, -0.25) is 4.79 Å². The fraction of sp³-hybridized carbons (Fsp3) is 0.462. The first-order valence-corrected chi connectivity index (χ1v) is 6.54. The van der Waals surface area contributed by atoms with Crippen molar-refractivity contribution in [2.45, 2.75) is 13.0 Å². The van der Waals surface area contributed by atoms with Gasteiger partial charge in [-0.2, -0.15) is 0 Å². The maximum absolute atomic E-state index is 11.1. The van der Waals surface area contributed by atoms with E-state index in [9.17, 15) is 9.90 Å². The van der Waals surface area contributed by atoms with E-state index in [-0.39, 0.29) is 25.6 Å². The first-order chi connectivity index (χ1) is 9.13. The van der Waals surface area contributed by atoms with Crippen molar-refractivity contribution in [1.82, 2.24) is 10.6 Å². The molecule has 0 heterocycles. The molecule has 1 aromatic carbocycles. The van der Waals surface area contributed by atoms with Gasteiger partial charge in [-0.25, -0.2) is 0 Å². The van der Waals surface area contributed by atoms with Crippen LogP contribution in [-0.2, 0) is 4.79 Å². The molecule has 106 valence electrons. The predicted octanol–water partition coefficient (Wildman–Crippen LogP) is 0.805. The van der Waals surface area contributed by atoms with Gasteiger partial charge in [0, 0.05) is 13.1 Å². The van der Waals surface area contributed by atoms with Crippen molar-refractivity contribution in [3.8, 4) is 5.75 Å². The Kier molecular flexibility index (Phi) is 7.25. The van der Waals surface area contributed by atoms with Crippen LogP contribution >= 0.6 is 11.6 Å². The average molecular weight is 287 g/mol. The predicted molar refractivity (Wildman–Crippen MR) is 74.5 cm³/mol. The van der Waals surface area contributed by atoms with E-state index < -0.39 is 6.10 Å². The average Bonchev–Trinajstić information content (AvgIpc) is 2.38. The summed E-state index contributed by atoms with van der Waals surface area (Å²) in [6.45, 7) is 3.02. The van der Waals surface area contributed by atoms with Crippen molar-refractivity contribution < 1.29 is 14.6 Å². The Morgan fingerprint density at radius 2 is 2.21 bits per heavy atom. The molecule has 1 amide bonds. The first kappa shape index (κ1) is 15.8. The number of aliphatic hydroxyl groups is 1. The number of halogens is 1. The number of hydrogen-bond acceptors (Lipinski definition) is 4. The Morgan fingerprint density at radius 3 is 2.89 bits per heavy atom. The zero-order valence-electron chi connectivity index (χ0n) is 10.9. The third-order valence-electron chi connectivity index (χ3n) is 2.31. The van der Waals surface area contributed by atoms with E-state index in [4.69, 9.17) is 16.3 Å².